The lowest BCUT2D eigenvalue weighted by Gasteiger charge is -2.10. The van der Waals surface area contributed by atoms with Crippen molar-refractivity contribution in [1.29, 1.82) is 0 Å². The summed E-state index contributed by atoms with van der Waals surface area (Å²) in [5, 5.41) is 6.07. The van der Waals surface area contributed by atoms with Crippen molar-refractivity contribution in [1.82, 2.24) is 10.3 Å². The van der Waals surface area contributed by atoms with Crippen LogP contribution in [0.2, 0.25) is 10.0 Å². The molecule has 0 aliphatic carbocycles. The third kappa shape index (κ3) is 4.69. The third-order valence-electron chi connectivity index (χ3n) is 3.13. The van der Waals surface area contributed by atoms with Crippen LogP contribution in [-0.4, -0.2) is 23.3 Å². The van der Waals surface area contributed by atoms with Crippen LogP contribution in [0.4, 0.5) is 5.69 Å². The minimum atomic E-state index is -0.448. The first-order valence-electron chi connectivity index (χ1n) is 7.37. The first-order chi connectivity index (χ1) is 11.4. The van der Waals surface area contributed by atoms with Crippen LogP contribution >= 0.6 is 23.2 Å². The topological polar surface area (TPSA) is 71.1 Å². The lowest BCUT2D eigenvalue weighted by Crippen LogP contribution is -2.27. The van der Waals surface area contributed by atoms with Crippen molar-refractivity contribution in [3.05, 3.63) is 57.8 Å². The highest BCUT2D eigenvalue weighted by Gasteiger charge is 2.14. The molecule has 7 heteroatoms. The predicted molar refractivity (Wildman–Crippen MR) is 95.8 cm³/mol. The Morgan fingerprint density at radius 3 is 2.25 bits per heavy atom. The summed E-state index contributed by atoms with van der Waals surface area (Å²) in [5.41, 5.74) is 0.872. The molecule has 1 aromatic carbocycles. The Morgan fingerprint density at radius 2 is 1.67 bits per heavy atom. The minimum absolute atomic E-state index is 0.239. The normalized spacial score (nSPS) is 10.5. The fourth-order valence-electron chi connectivity index (χ4n) is 1.89. The zero-order valence-corrected chi connectivity index (χ0v) is 14.8. The van der Waals surface area contributed by atoms with Gasteiger partial charge in [-0.25, -0.2) is 0 Å². The molecule has 1 heterocycles. The Labute approximate surface area is 150 Å². The molecule has 2 aromatic rings. The van der Waals surface area contributed by atoms with E-state index in [0.717, 1.165) is 0 Å². The van der Waals surface area contributed by atoms with Gasteiger partial charge in [0.05, 0.1) is 26.9 Å². The van der Waals surface area contributed by atoms with Gasteiger partial charge in [0.15, 0.2) is 0 Å². The van der Waals surface area contributed by atoms with Crippen LogP contribution in [0.15, 0.2) is 36.7 Å². The van der Waals surface area contributed by atoms with Gasteiger partial charge in [-0.2, -0.15) is 0 Å². The lowest BCUT2D eigenvalue weighted by molar-refractivity contribution is 0.0948. The summed E-state index contributed by atoms with van der Waals surface area (Å²) in [4.78, 5) is 28.4. The van der Waals surface area contributed by atoms with E-state index in [1.807, 2.05) is 13.8 Å². The van der Waals surface area contributed by atoms with Crippen molar-refractivity contribution in [3.63, 3.8) is 0 Å². The van der Waals surface area contributed by atoms with Gasteiger partial charge >= 0.3 is 0 Å². The van der Waals surface area contributed by atoms with E-state index in [4.69, 9.17) is 23.2 Å². The number of para-hydroxylation sites is 1. The molecule has 2 rings (SSSR count). The molecule has 0 saturated heterocycles. The Bertz CT molecular complexity index is 743. The summed E-state index contributed by atoms with van der Waals surface area (Å²) in [5.74, 6) is -0.395. The summed E-state index contributed by atoms with van der Waals surface area (Å²) >= 11 is 12.1. The molecule has 2 amide bonds. The zero-order chi connectivity index (χ0) is 17.7. The second-order valence-corrected chi connectivity index (χ2v) is 6.43. The van der Waals surface area contributed by atoms with Crippen LogP contribution in [-0.2, 0) is 0 Å². The second-order valence-electron chi connectivity index (χ2n) is 5.62. The van der Waals surface area contributed by atoms with Crippen molar-refractivity contribution in [2.45, 2.75) is 13.8 Å². The quantitative estimate of drug-likeness (QED) is 0.840. The molecule has 0 saturated carbocycles. The molecule has 0 spiro atoms. The number of carbonyl (C=O) groups excluding carboxylic acids is 2. The Hall–Kier alpha value is -2.11. The molecule has 0 atom stereocenters. The number of carbonyl (C=O) groups is 2. The summed E-state index contributed by atoms with van der Waals surface area (Å²) < 4.78 is 0. The van der Waals surface area contributed by atoms with Gasteiger partial charge in [-0.15, -0.1) is 0 Å². The summed E-state index contributed by atoms with van der Waals surface area (Å²) in [6.45, 7) is 4.54. The molecule has 0 bridgehead atoms. The van der Waals surface area contributed by atoms with Crippen LogP contribution in [0.3, 0.4) is 0 Å². The van der Waals surface area contributed by atoms with Gasteiger partial charge in [0.1, 0.15) is 0 Å². The van der Waals surface area contributed by atoms with Crippen molar-refractivity contribution in [2.75, 3.05) is 11.9 Å². The molecular formula is C17H17Cl2N3O2. The molecule has 0 aliphatic rings. The van der Waals surface area contributed by atoms with E-state index in [9.17, 15) is 9.59 Å². The SMILES string of the molecule is CC(C)CNC(=O)c1cncc(C(=O)Nc2c(Cl)cccc2Cl)c1. The highest BCUT2D eigenvalue weighted by molar-refractivity contribution is 6.40. The molecule has 0 unspecified atom stereocenters. The molecule has 1 aromatic heterocycles. The van der Waals surface area contributed by atoms with E-state index in [-0.39, 0.29) is 11.5 Å². The minimum Gasteiger partial charge on any atom is -0.352 e. The van der Waals surface area contributed by atoms with E-state index >= 15 is 0 Å². The fourth-order valence-corrected chi connectivity index (χ4v) is 2.38. The standard InChI is InChI=1S/C17H17Cl2N3O2/c1-10(2)7-21-16(23)11-6-12(9-20-8-11)17(24)22-15-13(18)4-3-5-14(15)19/h3-6,8-10H,7H2,1-2H3,(H,21,23)(H,22,24). The third-order valence-corrected chi connectivity index (χ3v) is 3.76. The first kappa shape index (κ1) is 18.2. The van der Waals surface area contributed by atoms with Gasteiger partial charge in [0, 0.05) is 18.9 Å². The predicted octanol–water partition coefficient (Wildman–Crippen LogP) is 4.03. The summed E-state index contributed by atoms with van der Waals surface area (Å²) in [7, 11) is 0. The molecule has 126 valence electrons. The van der Waals surface area contributed by atoms with Crippen molar-refractivity contribution < 1.29 is 9.59 Å². The number of amides is 2. The van der Waals surface area contributed by atoms with Gasteiger partial charge < -0.3 is 10.6 Å². The zero-order valence-electron chi connectivity index (χ0n) is 13.3. The highest BCUT2D eigenvalue weighted by Crippen LogP contribution is 2.30. The number of nitrogens with zero attached hydrogens (tertiary/aromatic N) is 1. The average Bonchev–Trinajstić information content (AvgIpc) is 2.56. The van der Waals surface area contributed by atoms with Gasteiger partial charge in [-0.05, 0) is 24.1 Å². The number of aromatic nitrogens is 1. The number of anilines is 1. The van der Waals surface area contributed by atoms with Crippen molar-refractivity contribution >= 4 is 40.7 Å². The molecular weight excluding hydrogens is 349 g/mol. The van der Waals surface area contributed by atoms with Crippen LogP contribution in [0.5, 0.6) is 0 Å². The van der Waals surface area contributed by atoms with Crippen LogP contribution in [0.1, 0.15) is 34.6 Å². The number of hydrogen-bond donors (Lipinski definition) is 2. The van der Waals surface area contributed by atoms with Gasteiger partial charge in [0.2, 0.25) is 0 Å². The maximum atomic E-state index is 12.4. The highest BCUT2D eigenvalue weighted by atomic mass is 35.5. The van der Waals surface area contributed by atoms with Crippen LogP contribution in [0, 0.1) is 5.92 Å². The van der Waals surface area contributed by atoms with E-state index in [2.05, 4.69) is 15.6 Å². The van der Waals surface area contributed by atoms with E-state index in [0.29, 0.717) is 33.8 Å². The Morgan fingerprint density at radius 1 is 1.08 bits per heavy atom. The Balaban J connectivity index is 2.16. The molecule has 0 radical (unpaired) electrons. The van der Waals surface area contributed by atoms with Crippen molar-refractivity contribution in [3.8, 4) is 0 Å². The number of rotatable bonds is 5. The molecule has 24 heavy (non-hydrogen) atoms. The number of halogens is 2. The molecule has 0 fully saturated rings. The lowest BCUT2D eigenvalue weighted by atomic mass is 10.1. The fraction of sp³-hybridized carbons (Fsp3) is 0.235. The maximum absolute atomic E-state index is 12.4. The number of benzene rings is 1. The number of hydrogen-bond acceptors (Lipinski definition) is 3. The monoisotopic (exact) mass is 365 g/mol. The van der Waals surface area contributed by atoms with Crippen LogP contribution in [0.25, 0.3) is 0 Å². The van der Waals surface area contributed by atoms with Crippen molar-refractivity contribution in [2.24, 2.45) is 5.92 Å². The average molecular weight is 366 g/mol. The smallest absolute Gasteiger partial charge is 0.257 e. The summed E-state index contributed by atoms with van der Waals surface area (Å²) in [6.07, 6.45) is 2.79. The molecule has 5 nitrogen and oxygen atoms in total. The van der Waals surface area contributed by atoms with Crippen LogP contribution < -0.4 is 10.6 Å². The number of nitrogens with one attached hydrogen (secondary N) is 2. The molecule has 0 aliphatic heterocycles. The number of pyridine rings is 1. The molecule has 2 N–H and O–H groups in total. The Kier molecular flexibility index (Phi) is 6.17. The van der Waals surface area contributed by atoms with E-state index in [1.165, 1.54) is 18.5 Å². The van der Waals surface area contributed by atoms with Gasteiger partial charge in [0.25, 0.3) is 11.8 Å². The summed E-state index contributed by atoms with van der Waals surface area (Å²) in [6, 6.07) is 6.40. The maximum Gasteiger partial charge on any atom is 0.257 e. The first-order valence-corrected chi connectivity index (χ1v) is 8.12. The second kappa shape index (κ2) is 8.13. The van der Waals surface area contributed by atoms with Gasteiger partial charge in [-0.3, -0.25) is 14.6 Å². The largest absolute Gasteiger partial charge is 0.352 e. The van der Waals surface area contributed by atoms with Gasteiger partial charge in [-0.1, -0.05) is 43.1 Å². The van der Waals surface area contributed by atoms with E-state index < -0.39 is 5.91 Å². The van der Waals surface area contributed by atoms with E-state index in [1.54, 1.807) is 18.2 Å².